The molecule has 0 aliphatic rings. The number of hydrogen-bond donors (Lipinski definition) is 1. The van der Waals surface area contributed by atoms with Crippen LogP contribution in [-0.4, -0.2) is 22.6 Å². The molecule has 0 fully saturated rings. The van der Waals surface area contributed by atoms with Crippen LogP contribution < -0.4 is 0 Å². The van der Waals surface area contributed by atoms with E-state index < -0.39 is 5.97 Å². The fourth-order valence-corrected chi connectivity index (χ4v) is 0.763. The molecule has 4 heteroatoms. The molecule has 0 saturated carbocycles. The minimum absolute atomic E-state index is 0.00287. The Labute approximate surface area is 76.2 Å². The Bertz CT molecular complexity index is 252. The number of carboxylic acid groups (broad SMARTS) is 1. The molecule has 0 saturated heterocycles. The van der Waals surface area contributed by atoms with Gasteiger partial charge in [0.1, 0.15) is 11.6 Å². The van der Waals surface area contributed by atoms with Crippen molar-refractivity contribution in [3.8, 4) is 0 Å². The molecular weight excluding hydrogens is 172 g/mol. The second kappa shape index (κ2) is 5.24. The van der Waals surface area contributed by atoms with Gasteiger partial charge in [-0.2, -0.15) is 0 Å². The summed E-state index contributed by atoms with van der Waals surface area (Å²) in [6.45, 7) is 4.59. The molecule has 0 aliphatic heterocycles. The summed E-state index contributed by atoms with van der Waals surface area (Å²) in [4.78, 5) is 31.7. The van der Waals surface area contributed by atoms with Crippen LogP contribution in [-0.2, 0) is 14.4 Å². The van der Waals surface area contributed by atoms with E-state index in [9.17, 15) is 14.4 Å². The van der Waals surface area contributed by atoms with Crippen molar-refractivity contribution < 1.29 is 19.5 Å². The zero-order valence-electron chi connectivity index (χ0n) is 7.50. The van der Waals surface area contributed by atoms with Gasteiger partial charge in [0.05, 0.1) is 6.42 Å². The summed E-state index contributed by atoms with van der Waals surface area (Å²) >= 11 is 0. The SMILES string of the molecule is C=C(CCC(=O)CC(C)=O)C(=O)O. The van der Waals surface area contributed by atoms with Gasteiger partial charge in [0.2, 0.25) is 0 Å². The van der Waals surface area contributed by atoms with E-state index in [1.54, 1.807) is 0 Å². The second-order valence-electron chi connectivity index (χ2n) is 2.83. The van der Waals surface area contributed by atoms with Gasteiger partial charge in [-0.05, 0) is 13.3 Å². The third kappa shape index (κ3) is 5.78. The van der Waals surface area contributed by atoms with E-state index >= 15 is 0 Å². The van der Waals surface area contributed by atoms with E-state index in [2.05, 4.69) is 6.58 Å². The Balaban J connectivity index is 3.77. The molecule has 0 atom stereocenters. The van der Waals surface area contributed by atoms with Gasteiger partial charge in [-0.1, -0.05) is 6.58 Å². The lowest BCUT2D eigenvalue weighted by Crippen LogP contribution is -2.06. The molecule has 0 aromatic heterocycles. The van der Waals surface area contributed by atoms with Crippen molar-refractivity contribution in [2.75, 3.05) is 0 Å². The van der Waals surface area contributed by atoms with Crippen LogP contribution in [0.5, 0.6) is 0 Å². The average Bonchev–Trinajstić information content (AvgIpc) is 1.98. The van der Waals surface area contributed by atoms with Crippen molar-refractivity contribution in [1.29, 1.82) is 0 Å². The first-order chi connectivity index (χ1) is 5.93. The van der Waals surface area contributed by atoms with Gasteiger partial charge < -0.3 is 5.11 Å². The van der Waals surface area contributed by atoms with E-state index in [-0.39, 0.29) is 36.4 Å². The lowest BCUT2D eigenvalue weighted by atomic mass is 10.1. The lowest BCUT2D eigenvalue weighted by Gasteiger charge is -1.98. The van der Waals surface area contributed by atoms with Gasteiger partial charge in [-0.15, -0.1) is 0 Å². The van der Waals surface area contributed by atoms with Crippen LogP contribution in [0.25, 0.3) is 0 Å². The third-order valence-electron chi connectivity index (χ3n) is 1.45. The Morgan fingerprint density at radius 3 is 2.15 bits per heavy atom. The maximum atomic E-state index is 10.9. The highest BCUT2D eigenvalue weighted by molar-refractivity contribution is 5.98. The normalized spacial score (nSPS) is 9.31. The van der Waals surface area contributed by atoms with Crippen molar-refractivity contribution in [1.82, 2.24) is 0 Å². The number of ketones is 2. The summed E-state index contributed by atoms with van der Waals surface area (Å²) in [5.41, 5.74) is -0.00287. The number of carboxylic acids is 1. The largest absolute Gasteiger partial charge is 0.478 e. The van der Waals surface area contributed by atoms with Crippen molar-refractivity contribution in [3.63, 3.8) is 0 Å². The molecule has 0 rings (SSSR count). The van der Waals surface area contributed by atoms with E-state index in [0.717, 1.165) is 0 Å². The Morgan fingerprint density at radius 2 is 1.77 bits per heavy atom. The molecular formula is C9H12O4. The van der Waals surface area contributed by atoms with E-state index in [1.165, 1.54) is 6.92 Å². The summed E-state index contributed by atoms with van der Waals surface area (Å²) in [5.74, 6) is -1.54. The number of hydrogen-bond acceptors (Lipinski definition) is 3. The molecule has 0 aromatic rings. The molecule has 0 bridgehead atoms. The molecule has 0 spiro atoms. The predicted molar refractivity (Wildman–Crippen MR) is 46.3 cm³/mol. The number of rotatable bonds is 6. The molecule has 0 aliphatic carbocycles. The predicted octanol–water partition coefficient (Wildman–Crippen LogP) is 0.956. The molecule has 0 amide bonds. The highest BCUT2D eigenvalue weighted by Gasteiger charge is 2.09. The van der Waals surface area contributed by atoms with Crippen LogP contribution in [0.1, 0.15) is 26.2 Å². The van der Waals surface area contributed by atoms with Gasteiger partial charge in [0.25, 0.3) is 0 Å². The zero-order valence-corrected chi connectivity index (χ0v) is 7.50. The fourth-order valence-electron chi connectivity index (χ4n) is 0.763. The first kappa shape index (κ1) is 11.6. The Morgan fingerprint density at radius 1 is 1.23 bits per heavy atom. The quantitative estimate of drug-likeness (QED) is 0.493. The average molecular weight is 184 g/mol. The van der Waals surface area contributed by atoms with Crippen molar-refractivity contribution in [3.05, 3.63) is 12.2 Å². The van der Waals surface area contributed by atoms with Crippen LogP contribution in [0.3, 0.4) is 0 Å². The molecule has 1 N–H and O–H groups in total. The van der Waals surface area contributed by atoms with Gasteiger partial charge >= 0.3 is 5.97 Å². The highest BCUT2D eigenvalue weighted by atomic mass is 16.4. The van der Waals surface area contributed by atoms with Crippen LogP contribution in [0, 0.1) is 0 Å². The molecule has 0 radical (unpaired) electrons. The molecule has 72 valence electrons. The van der Waals surface area contributed by atoms with Gasteiger partial charge in [0, 0.05) is 12.0 Å². The summed E-state index contributed by atoms with van der Waals surface area (Å²) < 4.78 is 0. The summed E-state index contributed by atoms with van der Waals surface area (Å²) in [6.07, 6.45) is 0.0685. The van der Waals surface area contributed by atoms with Crippen molar-refractivity contribution in [2.45, 2.75) is 26.2 Å². The van der Waals surface area contributed by atoms with E-state index in [1.807, 2.05) is 0 Å². The van der Waals surface area contributed by atoms with E-state index in [4.69, 9.17) is 5.11 Å². The van der Waals surface area contributed by atoms with Crippen LogP contribution in [0.15, 0.2) is 12.2 Å². The molecule has 4 nitrogen and oxygen atoms in total. The van der Waals surface area contributed by atoms with Crippen LogP contribution in [0.4, 0.5) is 0 Å². The highest BCUT2D eigenvalue weighted by Crippen LogP contribution is 2.04. The number of carbonyl (C=O) groups is 3. The smallest absolute Gasteiger partial charge is 0.330 e. The molecule has 13 heavy (non-hydrogen) atoms. The number of aliphatic carboxylic acids is 1. The second-order valence-corrected chi connectivity index (χ2v) is 2.83. The first-order valence-corrected chi connectivity index (χ1v) is 3.85. The third-order valence-corrected chi connectivity index (χ3v) is 1.45. The molecule has 0 heterocycles. The van der Waals surface area contributed by atoms with Crippen LogP contribution >= 0.6 is 0 Å². The number of Topliss-reactive ketones (excluding diaryl/α,β-unsaturated/α-hetero) is 2. The maximum Gasteiger partial charge on any atom is 0.330 e. The topological polar surface area (TPSA) is 71.4 Å². The van der Waals surface area contributed by atoms with Crippen molar-refractivity contribution >= 4 is 17.5 Å². The lowest BCUT2D eigenvalue weighted by molar-refractivity contribution is -0.132. The maximum absolute atomic E-state index is 10.9. The fraction of sp³-hybridized carbons (Fsp3) is 0.444. The standard InChI is InChI=1S/C9H12O4/c1-6(9(12)13)3-4-8(11)5-7(2)10/h1,3-5H2,2H3,(H,12,13). The number of carbonyl (C=O) groups excluding carboxylic acids is 2. The Hall–Kier alpha value is -1.45. The first-order valence-electron chi connectivity index (χ1n) is 3.85. The Kier molecular flexibility index (Phi) is 4.66. The minimum Gasteiger partial charge on any atom is -0.478 e. The van der Waals surface area contributed by atoms with Gasteiger partial charge in [-0.3, -0.25) is 9.59 Å². The van der Waals surface area contributed by atoms with E-state index in [0.29, 0.717) is 0 Å². The summed E-state index contributed by atoms with van der Waals surface area (Å²) in [6, 6.07) is 0. The van der Waals surface area contributed by atoms with Crippen LogP contribution in [0.2, 0.25) is 0 Å². The zero-order chi connectivity index (χ0) is 10.4. The summed E-state index contributed by atoms with van der Waals surface area (Å²) in [7, 11) is 0. The monoisotopic (exact) mass is 184 g/mol. The molecule has 0 unspecified atom stereocenters. The van der Waals surface area contributed by atoms with Gasteiger partial charge in [-0.25, -0.2) is 4.79 Å². The van der Waals surface area contributed by atoms with Gasteiger partial charge in [0.15, 0.2) is 0 Å². The minimum atomic E-state index is -1.10. The van der Waals surface area contributed by atoms with Crippen molar-refractivity contribution in [2.24, 2.45) is 0 Å². The summed E-state index contributed by atoms with van der Waals surface area (Å²) in [5, 5.41) is 8.40. The molecule has 0 aromatic carbocycles.